The standard InChI is InChI=1S/C17H21F3N2O5S/c1-11(2)15(23)22-13(16(24)27-3)9-21(10-14(22)17(18,19)20)28(25,26)12-7-5-4-6-8-12/h4-8,11,13-14H,9-10H2,1-3H3. The van der Waals surface area contributed by atoms with Crippen molar-refractivity contribution in [1.29, 1.82) is 0 Å². The summed E-state index contributed by atoms with van der Waals surface area (Å²) in [6.07, 6.45) is -4.94. The highest BCUT2D eigenvalue weighted by Crippen LogP contribution is 2.34. The number of esters is 1. The van der Waals surface area contributed by atoms with E-state index < -0.39 is 59.2 Å². The molecule has 28 heavy (non-hydrogen) atoms. The van der Waals surface area contributed by atoms with Gasteiger partial charge in [-0.2, -0.15) is 17.5 Å². The summed E-state index contributed by atoms with van der Waals surface area (Å²) in [5.41, 5.74) is 0. The van der Waals surface area contributed by atoms with Crippen LogP contribution in [0.3, 0.4) is 0 Å². The van der Waals surface area contributed by atoms with Crippen LogP contribution in [0.15, 0.2) is 35.2 Å². The first-order valence-corrected chi connectivity index (χ1v) is 9.87. The van der Waals surface area contributed by atoms with Crippen LogP contribution in [0.5, 0.6) is 0 Å². The Morgan fingerprint density at radius 3 is 2.18 bits per heavy atom. The highest BCUT2D eigenvalue weighted by atomic mass is 32.2. The second kappa shape index (κ2) is 8.08. The van der Waals surface area contributed by atoms with Crippen LogP contribution in [0.2, 0.25) is 0 Å². The van der Waals surface area contributed by atoms with Crippen LogP contribution in [0.1, 0.15) is 13.8 Å². The molecule has 1 fully saturated rings. The number of amides is 1. The van der Waals surface area contributed by atoms with E-state index in [-0.39, 0.29) is 4.90 Å². The maximum absolute atomic E-state index is 13.8. The third kappa shape index (κ3) is 4.30. The van der Waals surface area contributed by atoms with E-state index in [0.717, 1.165) is 7.11 Å². The first-order valence-electron chi connectivity index (χ1n) is 8.43. The second-order valence-corrected chi connectivity index (χ2v) is 8.57. The highest BCUT2D eigenvalue weighted by molar-refractivity contribution is 7.89. The monoisotopic (exact) mass is 422 g/mol. The number of carbonyl (C=O) groups is 2. The molecule has 7 nitrogen and oxygen atoms in total. The molecule has 0 radical (unpaired) electrons. The molecule has 1 aliphatic rings. The summed E-state index contributed by atoms with van der Waals surface area (Å²) < 4.78 is 72.0. The number of sulfonamides is 1. The van der Waals surface area contributed by atoms with Gasteiger partial charge in [-0.05, 0) is 12.1 Å². The molecule has 1 saturated heterocycles. The Labute approximate surface area is 161 Å². The van der Waals surface area contributed by atoms with Gasteiger partial charge < -0.3 is 9.64 Å². The van der Waals surface area contributed by atoms with E-state index in [9.17, 15) is 31.2 Å². The summed E-state index contributed by atoms with van der Waals surface area (Å²) in [5.74, 6) is -2.85. The van der Waals surface area contributed by atoms with E-state index in [0.29, 0.717) is 9.21 Å². The Balaban J connectivity index is 2.54. The molecule has 1 amide bonds. The maximum atomic E-state index is 13.8. The molecule has 0 N–H and O–H groups in total. The summed E-state index contributed by atoms with van der Waals surface area (Å²) in [6.45, 7) is 1.16. The van der Waals surface area contributed by atoms with E-state index in [4.69, 9.17) is 0 Å². The zero-order valence-corrected chi connectivity index (χ0v) is 16.3. The van der Waals surface area contributed by atoms with Crippen LogP contribution in [0.25, 0.3) is 0 Å². The van der Waals surface area contributed by atoms with Gasteiger partial charge in [0.2, 0.25) is 15.9 Å². The fourth-order valence-electron chi connectivity index (χ4n) is 2.98. The molecule has 2 rings (SSSR count). The lowest BCUT2D eigenvalue weighted by molar-refractivity contribution is -0.208. The number of halogens is 3. The van der Waals surface area contributed by atoms with Crippen molar-refractivity contribution in [2.45, 2.75) is 37.0 Å². The first kappa shape index (κ1) is 22.2. The fourth-order valence-corrected chi connectivity index (χ4v) is 4.46. The predicted octanol–water partition coefficient (Wildman–Crippen LogP) is 1.65. The number of benzene rings is 1. The molecule has 2 unspecified atom stereocenters. The Hall–Kier alpha value is -2.14. The van der Waals surface area contributed by atoms with E-state index in [1.807, 2.05) is 0 Å². The molecule has 1 aliphatic heterocycles. The smallest absolute Gasteiger partial charge is 0.410 e. The topological polar surface area (TPSA) is 84.0 Å². The number of nitrogens with zero attached hydrogens (tertiary/aromatic N) is 2. The van der Waals surface area contributed by atoms with Crippen LogP contribution in [0.4, 0.5) is 13.2 Å². The molecule has 0 bridgehead atoms. The van der Waals surface area contributed by atoms with Gasteiger partial charge in [0, 0.05) is 19.0 Å². The number of piperazine rings is 1. The molecular formula is C17H21F3N2O5S. The third-order valence-corrected chi connectivity index (χ3v) is 6.25. The quantitative estimate of drug-likeness (QED) is 0.689. The molecule has 0 spiro atoms. The molecule has 1 aromatic rings. The van der Waals surface area contributed by atoms with Gasteiger partial charge in [-0.15, -0.1) is 0 Å². The Morgan fingerprint density at radius 2 is 1.71 bits per heavy atom. The molecule has 11 heteroatoms. The first-order chi connectivity index (χ1) is 12.9. The number of methoxy groups -OCH3 is 1. The summed E-state index contributed by atoms with van der Waals surface area (Å²) in [4.78, 5) is 24.8. The van der Waals surface area contributed by atoms with Crippen molar-refractivity contribution >= 4 is 21.9 Å². The van der Waals surface area contributed by atoms with E-state index in [2.05, 4.69) is 4.74 Å². The lowest BCUT2D eigenvalue weighted by Gasteiger charge is -2.45. The van der Waals surface area contributed by atoms with Gasteiger partial charge in [0.1, 0.15) is 12.1 Å². The van der Waals surface area contributed by atoms with Crippen molar-refractivity contribution in [2.75, 3.05) is 20.2 Å². The largest absolute Gasteiger partial charge is 0.467 e. The maximum Gasteiger partial charge on any atom is 0.410 e. The van der Waals surface area contributed by atoms with Gasteiger partial charge in [-0.3, -0.25) is 4.79 Å². The van der Waals surface area contributed by atoms with Crippen LogP contribution in [-0.4, -0.2) is 68.0 Å². The molecule has 2 atom stereocenters. The summed E-state index contributed by atoms with van der Waals surface area (Å²) in [7, 11) is -3.35. The summed E-state index contributed by atoms with van der Waals surface area (Å²) in [6, 6.07) is 2.74. The summed E-state index contributed by atoms with van der Waals surface area (Å²) in [5, 5.41) is 0. The number of rotatable bonds is 4. The average molecular weight is 422 g/mol. The number of carbonyl (C=O) groups excluding carboxylic acids is 2. The second-order valence-electron chi connectivity index (χ2n) is 6.63. The zero-order valence-electron chi connectivity index (χ0n) is 15.5. The minimum absolute atomic E-state index is 0.205. The predicted molar refractivity (Wildman–Crippen MR) is 92.5 cm³/mol. The molecule has 0 aromatic heterocycles. The van der Waals surface area contributed by atoms with Crippen LogP contribution < -0.4 is 0 Å². The van der Waals surface area contributed by atoms with Gasteiger partial charge in [0.05, 0.1) is 12.0 Å². The Morgan fingerprint density at radius 1 is 1.14 bits per heavy atom. The van der Waals surface area contributed by atoms with Crippen molar-refractivity contribution in [1.82, 2.24) is 9.21 Å². The van der Waals surface area contributed by atoms with Crippen LogP contribution >= 0.6 is 0 Å². The Kier molecular flexibility index (Phi) is 6.39. The molecule has 0 saturated carbocycles. The molecular weight excluding hydrogens is 401 g/mol. The van der Waals surface area contributed by atoms with Crippen molar-refractivity contribution in [2.24, 2.45) is 5.92 Å². The van der Waals surface area contributed by atoms with Crippen LogP contribution in [0, 0.1) is 5.92 Å². The number of hydrogen-bond donors (Lipinski definition) is 0. The summed E-state index contributed by atoms with van der Waals surface area (Å²) >= 11 is 0. The average Bonchev–Trinajstić information content (AvgIpc) is 2.65. The van der Waals surface area contributed by atoms with Gasteiger partial charge in [-0.1, -0.05) is 32.0 Å². The molecule has 156 valence electrons. The SMILES string of the molecule is COC(=O)C1CN(S(=O)(=O)c2ccccc2)CC(C(F)(F)F)N1C(=O)C(C)C. The van der Waals surface area contributed by atoms with Gasteiger partial charge in [0.15, 0.2) is 0 Å². The van der Waals surface area contributed by atoms with Crippen LogP contribution in [-0.2, 0) is 24.3 Å². The van der Waals surface area contributed by atoms with Gasteiger partial charge in [0.25, 0.3) is 0 Å². The van der Waals surface area contributed by atoms with Gasteiger partial charge >= 0.3 is 12.1 Å². The number of ether oxygens (including phenoxy) is 1. The lowest BCUT2D eigenvalue weighted by Crippen LogP contribution is -2.68. The normalized spacial score (nSPS) is 21.6. The van der Waals surface area contributed by atoms with E-state index in [1.165, 1.54) is 38.1 Å². The Bertz CT molecular complexity index is 827. The van der Waals surface area contributed by atoms with Crippen molar-refractivity contribution in [3.05, 3.63) is 30.3 Å². The molecule has 1 aromatic carbocycles. The van der Waals surface area contributed by atoms with Crippen molar-refractivity contribution in [3.8, 4) is 0 Å². The zero-order chi connectivity index (χ0) is 21.3. The highest BCUT2D eigenvalue weighted by Gasteiger charge is 2.55. The number of alkyl halides is 3. The van der Waals surface area contributed by atoms with Gasteiger partial charge in [-0.25, -0.2) is 13.2 Å². The van der Waals surface area contributed by atoms with Crippen molar-refractivity contribution < 1.29 is 35.9 Å². The molecule has 0 aliphatic carbocycles. The third-order valence-electron chi connectivity index (χ3n) is 4.41. The van der Waals surface area contributed by atoms with E-state index in [1.54, 1.807) is 6.07 Å². The lowest BCUT2D eigenvalue weighted by atomic mass is 10.0. The van der Waals surface area contributed by atoms with Crippen molar-refractivity contribution in [3.63, 3.8) is 0 Å². The fraction of sp³-hybridized carbons (Fsp3) is 0.529. The number of hydrogen-bond acceptors (Lipinski definition) is 5. The molecule has 1 heterocycles. The van der Waals surface area contributed by atoms with E-state index >= 15 is 0 Å². The minimum Gasteiger partial charge on any atom is -0.467 e. The minimum atomic E-state index is -4.94.